The first-order valence-electron chi connectivity index (χ1n) is 5.03. The molecule has 5 heteroatoms. The van der Waals surface area contributed by atoms with Crippen molar-refractivity contribution in [3.63, 3.8) is 0 Å². The molecule has 88 valence electrons. The smallest absolute Gasteiger partial charge is 0.176 e. The molecule has 1 aliphatic rings. The number of ether oxygens (including phenoxy) is 3. The molecule has 0 amide bonds. The quantitative estimate of drug-likeness (QED) is 0.917. The average Bonchev–Trinajstić information content (AvgIpc) is 2.23. The van der Waals surface area contributed by atoms with Crippen molar-refractivity contribution in [2.45, 2.75) is 6.10 Å². The third kappa shape index (κ3) is 2.25. The zero-order chi connectivity index (χ0) is 11.5. The lowest BCUT2D eigenvalue weighted by Gasteiger charge is -2.29. The van der Waals surface area contributed by atoms with Gasteiger partial charge in [0.05, 0.1) is 18.7 Å². The Kier molecular flexibility index (Phi) is 3.56. The van der Waals surface area contributed by atoms with Crippen molar-refractivity contribution < 1.29 is 14.2 Å². The molecule has 2 rings (SSSR count). The zero-order valence-corrected chi connectivity index (χ0v) is 10.8. The van der Waals surface area contributed by atoms with E-state index in [0.717, 1.165) is 29.1 Å². The van der Waals surface area contributed by atoms with Crippen LogP contribution < -0.4 is 19.5 Å². The van der Waals surface area contributed by atoms with E-state index >= 15 is 0 Å². The Hall–Kier alpha value is -0.940. The van der Waals surface area contributed by atoms with E-state index in [1.165, 1.54) is 0 Å². The van der Waals surface area contributed by atoms with E-state index in [1.807, 2.05) is 12.1 Å². The molecule has 16 heavy (non-hydrogen) atoms. The molecular weight excluding hydrogens is 274 g/mol. The Bertz CT molecular complexity index is 380. The van der Waals surface area contributed by atoms with Crippen molar-refractivity contribution >= 4 is 15.9 Å². The number of methoxy groups -OCH3 is 2. The van der Waals surface area contributed by atoms with Crippen molar-refractivity contribution in [1.82, 2.24) is 5.32 Å². The van der Waals surface area contributed by atoms with E-state index in [0.29, 0.717) is 5.75 Å². The molecule has 0 spiro atoms. The summed E-state index contributed by atoms with van der Waals surface area (Å²) in [5.41, 5.74) is 0. The molecule has 1 aliphatic heterocycles. The molecule has 1 aromatic carbocycles. The molecule has 1 N–H and O–H groups in total. The van der Waals surface area contributed by atoms with E-state index < -0.39 is 0 Å². The number of halogens is 1. The Balaban J connectivity index is 2.26. The average molecular weight is 288 g/mol. The molecule has 1 fully saturated rings. The van der Waals surface area contributed by atoms with Crippen LogP contribution in [0.2, 0.25) is 0 Å². The van der Waals surface area contributed by atoms with Gasteiger partial charge in [0.15, 0.2) is 11.5 Å². The van der Waals surface area contributed by atoms with Crippen molar-refractivity contribution in [1.29, 1.82) is 0 Å². The van der Waals surface area contributed by atoms with Crippen LogP contribution >= 0.6 is 15.9 Å². The van der Waals surface area contributed by atoms with E-state index in [-0.39, 0.29) is 6.10 Å². The second kappa shape index (κ2) is 4.93. The predicted molar refractivity (Wildman–Crippen MR) is 64.5 cm³/mol. The van der Waals surface area contributed by atoms with E-state index in [4.69, 9.17) is 14.2 Å². The fourth-order valence-corrected chi connectivity index (χ4v) is 1.96. The molecule has 1 saturated heterocycles. The predicted octanol–water partition coefficient (Wildman–Crippen LogP) is 1.82. The van der Waals surface area contributed by atoms with Crippen LogP contribution in [0.5, 0.6) is 17.2 Å². The van der Waals surface area contributed by atoms with Gasteiger partial charge in [-0.1, -0.05) is 0 Å². The number of rotatable bonds is 4. The van der Waals surface area contributed by atoms with Crippen LogP contribution in [0, 0.1) is 0 Å². The summed E-state index contributed by atoms with van der Waals surface area (Å²) in [6, 6.07) is 3.68. The molecule has 0 aliphatic carbocycles. The van der Waals surface area contributed by atoms with Crippen LogP contribution in [0.1, 0.15) is 0 Å². The number of hydrogen-bond acceptors (Lipinski definition) is 4. The first-order valence-corrected chi connectivity index (χ1v) is 5.82. The summed E-state index contributed by atoms with van der Waals surface area (Å²) < 4.78 is 17.1. The van der Waals surface area contributed by atoms with Gasteiger partial charge in [0.25, 0.3) is 0 Å². The van der Waals surface area contributed by atoms with Gasteiger partial charge in [-0.3, -0.25) is 0 Å². The molecule has 0 bridgehead atoms. The third-order valence-corrected chi connectivity index (χ3v) is 3.06. The second-order valence-corrected chi connectivity index (χ2v) is 4.39. The summed E-state index contributed by atoms with van der Waals surface area (Å²) in [6.45, 7) is 1.75. The van der Waals surface area contributed by atoms with Gasteiger partial charge in [-0.05, 0) is 22.0 Å². The van der Waals surface area contributed by atoms with E-state index in [1.54, 1.807) is 14.2 Å². The highest BCUT2D eigenvalue weighted by Crippen LogP contribution is 2.39. The zero-order valence-electron chi connectivity index (χ0n) is 9.25. The van der Waals surface area contributed by atoms with E-state index in [2.05, 4.69) is 21.2 Å². The van der Waals surface area contributed by atoms with Crippen molar-refractivity contribution in [3.05, 3.63) is 16.6 Å². The SMILES string of the molecule is COc1cc(Br)c(OC2CNC2)c(OC)c1. The molecule has 1 heterocycles. The molecular formula is C11H14BrNO3. The largest absolute Gasteiger partial charge is 0.497 e. The van der Waals surface area contributed by atoms with Crippen LogP contribution in [0.15, 0.2) is 16.6 Å². The van der Waals surface area contributed by atoms with Crippen LogP contribution in [0.3, 0.4) is 0 Å². The van der Waals surface area contributed by atoms with Crippen LogP contribution in [0.25, 0.3) is 0 Å². The van der Waals surface area contributed by atoms with Gasteiger partial charge in [-0.2, -0.15) is 0 Å². The second-order valence-electron chi connectivity index (χ2n) is 3.54. The Labute approximate surface area is 103 Å². The topological polar surface area (TPSA) is 39.7 Å². The summed E-state index contributed by atoms with van der Waals surface area (Å²) in [5, 5.41) is 3.16. The Morgan fingerprint density at radius 1 is 1.25 bits per heavy atom. The molecule has 0 atom stereocenters. The lowest BCUT2D eigenvalue weighted by Crippen LogP contribution is -2.50. The third-order valence-electron chi connectivity index (χ3n) is 2.47. The highest BCUT2D eigenvalue weighted by atomic mass is 79.9. The summed E-state index contributed by atoms with van der Waals surface area (Å²) in [6.07, 6.45) is 0.221. The fraction of sp³-hybridized carbons (Fsp3) is 0.455. The van der Waals surface area contributed by atoms with Gasteiger partial charge in [0.2, 0.25) is 0 Å². The van der Waals surface area contributed by atoms with Gasteiger partial charge in [-0.15, -0.1) is 0 Å². The minimum atomic E-state index is 0.221. The lowest BCUT2D eigenvalue weighted by atomic mass is 10.2. The Morgan fingerprint density at radius 3 is 2.50 bits per heavy atom. The Morgan fingerprint density at radius 2 is 2.00 bits per heavy atom. The molecule has 0 aromatic heterocycles. The van der Waals surface area contributed by atoms with Crippen LogP contribution in [-0.2, 0) is 0 Å². The van der Waals surface area contributed by atoms with Gasteiger partial charge in [-0.25, -0.2) is 0 Å². The van der Waals surface area contributed by atoms with Crippen molar-refractivity contribution in [2.24, 2.45) is 0 Å². The first kappa shape index (κ1) is 11.5. The summed E-state index contributed by atoms with van der Waals surface area (Å²) in [4.78, 5) is 0. The number of nitrogens with one attached hydrogen (secondary N) is 1. The monoisotopic (exact) mass is 287 g/mol. The van der Waals surface area contributed by atoms with Crippen molar-refractivity contribution in [3.8, 4) is 17.2 Å². The fourth-order valence-electron chi connectivity index (χ4n) is 1.44. The minimum Gasteiger partial charge on any atom is -0.497 e. The van der Waals surface area contributed by atoms with Gasteiger partial charge in [0.1, 0.15) is 11.9 Å². The standard InChI is InChI=1S/C11H14BrNO3/c1-14-7-3-9(12)11(10(4-7)15-2)16-8-5-13-6-8/h3-4,8,13H,5-6H2,1-2H3. The maximum atomic E-state index is 5.81. The maximum absolute atomic E-state index is 5.81. The van der Waals surface area contributed by atoms with Crippen molar-refractivity contribution in [2.75, 3.05) is 27.3 Å². The first-order chi connectivity index (χ1) is 7.74. The molecule has 0 radical (unpaired) electrons. The minimum absolute atomic E-state index is 0.221. The number of hydrogen-bond donors (Lipinski definition) is 1. The van der Waals surface area contributed by atoms with Gasteiger partial charge >= 0.3 is 0 Å². The van der Waals surface area contributed by atoms with Crippen LogP contribution in [-0.4, -0.2) is 33.4 Å². The normalized spacial score (nSPS) is 15.4. The molecule has 0 unspecified atom stereocenters. The lowest BCUT2D eigenvalue weighted by molar-refractivity contribution is 0.136. The van der Waals surface area contributed by atoms with Gasteiger partial charge < -0.3 is 19.5 Å². The highest BCUT2D eigenvalue weighted by molar-refractivity contribution is 9.10. The van der Waals surface area contributed by atoms with E-state index in [9.17, 15) is 0 Å². The van der Waals surface area contributed by atoms with Crippen LogP contribution in [0.4, 0.5) is 0 Å². The molecule has 0 saturated carbocycles. The molecule has 1 aromatic rings. The summed E-state index contributed by atoms with van der Waals surface area (Å²) in [7, 11) is 3.24. The number of benzene rings is 1. The summed E-state index contributed by atoms with van der Waals surface area (Å²) in [5.74, 6) is 2.15. The highest BCUT2D eigenvalue weighted by Gasteiger charge is 2.22. The summed E-state index contributed by atoms with van der Waals surface area (Å²) >= 11 is 3.46. The van der Waals surface area contributed by atoms with Gasteiger partial charge in [0, 0.05) is 19.2 Å². The molecule has 4 nitrogen and oxygen atoms in total. The maximum Gasteiger partial charge on any atom is 0.176 e.